The first-order chi connectivity index (χ1) is 4.54. The normalized spacial score (nSPS) is 13.4. The summed E-state index contributed by atoms with van der Waals surface area (Å²) in [5, 5.41) is 14.8. The van der Waals surface area contributed by atoms with Gasteiger partial charge in [-0.05, 0) is 6.92 Å². The summed E-state index contributed by atoms with van der Waals surface area (Å²) >= 11 is 0. The second kappa shape index (κ2) is 3.73. The summed E-state index contributed by atoms with van der Waals surface area (Å²) in [6.07, 6.45) is 1.20. The molecule has 0 bridgehead atoms. The Balaban J connectivity index is 3.91. The molecule has 0 saturated carbocycles. The Hall–Kier alpha value is -1.23. The van der Waals surface area contributed by atoms with Crippen molar-refractivity contribution in [3.8, 4) is 0 Å². The SMILES string of the molecule is CC(N)/C=N\C(=N)C(=O)O. The van der Waals surface area contributed by atoms with Gasteiger partial charge < -0.3 is 10.8 Å². The zero-order chi connectivity index (χ0) is 8.15. The third-order valence-electron chi connectivity index (χ3n) is 0.641. The van der Waals surface area contributed by atoms with Crippen molar-refractivity contribution in [3.63, 3.8) is 0 Å². The van der Waals surface area contributed by atoms with Crippen LogP contribution in [0.25, 0.3) is 0 Å². The second-order valence-electron chi connectivity index (χ2n) is 1.79. The molecule has 0 amide bonds. The van der Waals surface area contributed by atoms with Gasteiger partial charge in [-0.3, -0.25) is 5.41 Å². The Morgan fingerprint density at radius 2 is 2.40 bits per heavy atom. The quantitative estimate of drug-likeness (QED) is 0.339. The highest BCUT2D eigenvalue weighted by Crippen LogP contribution is 1.75. The van der Waals surface area contributed by atoms with Gasteiger partial charge in [0.05, 0.1) is 0 Å². The molecular weight excluding hydrogens is 134 g/mol. The fraction of sp³-hybridized carbons (Fsp3) is 0.400. The van der Waals surface area contributed by atoms with Crippen LogP contribution in [0.15, 0.2) is 4.99 Å². The topological polar surface area (TPSA) is 99.5 Å². The number of hydrogen-bond donors (Lipinski definition) is 3. The lowest BCUT2D eigenvalue weighted by atomic mass is 10.4. The van der Waals surface area contributed by atoms with Crippen LogP contribution in [0, 0.1) is 5.41 Å². The maximum absolute atomic E-state index is 9.93. The fourth-order valence-electron chi connectivity index (χ4n) is 0.247. The second-order valence-corrected chi connectivity index (χ2v) is 1.79. The van der Waals surface area contributed by atoms with Crippen LogP contribution in [-0.2, 0) is 4.79 Å². The molecule has 0 radical (unpaired) electrons. The molecule has 0 spiro atoms. The van der Waals surface area contributed by atoms with Crippen LogP contribution in [0.4, 0.5) is 0 Å². The minimum Gasteiger partial charge on any atom is -0.475 e. The van der Waals surface area contributed by atoms with Crippen molar-refractivity contribution >= 4 is 18.0 Å². The van der Waals surface area contributed by atoms with E-state index in [1.807, 2.05) is 0 Å². The van der Waals surface area contributed by atoms with Crippen LogP contribution in [0.2, 0.25) is 0 Å². The van der Waals surface area contributed by atoms with E-state index in [2.05, 4.69) is 4.99 Å². The smallest absolute Gasteiger partial charge is 0.373 e. The van der Waals surface area contributed by atoms with Crippen LogP contribution in [0.1, 0.15) is 6.92 Å². The number of hydrogen-bond acceptors (Lipinski definition) is 3. The molecule has 0 aliphatic carbocycles. The summed E-state index contributed by atoms with van der Waals surface area (Å²) in [5.41, 5.74) is 5.20. The highest BCUT2D eigenvalue weighted by atomic mass is 16.4. The summed E-state index contributed by atoms with van der Waals surface area (Å²) in [6.45, 7) is 1.64. The molecule has 0 fully saturated rings. The molecule has 10 heavy (non-hydrogen) atoms. The Labute approximate surface area is 58.1 Å². The molecule has 4 N–H and O–H groups in total. The number of rotatable bonds is 1. The first-order valence-corrected chi connectivity index (χ1v) is 2.65. The third-order valence-corrected chi connectivity index (χ3v) is 0.641. The van der Waals surface area contributed by atoms with E-state index < -0.39 is 11.8 Å². The third kappa shape index (κ3) is 3.73. The predicted molar refractivity (Wildman–Crippen MR) is 37.5 cm³/mol. The average molecular weight is 143 g/mol. The number of nitrogens with one attached hydrogen (secondary N) is 1. The molecule has 56 valence electrons. The van der Waals surface area contributed by atoms with E-state index in [-0.39, 0.29) is 6.04 Å². The zero-order valence-electron chi connectivity index (χ0n) is 5.53. The van der Waals surface area contributed by atoms with Crippen molar-refractivity contribution in [1.82, 2.24) is 0 Å². The van der Waals surface area contributed by atoms with Crippen molar-refractivity contribution in [2.24, 2.45) is 10.7 Å². The molecule has 0 aliphatic heterocycles. The Morgan fingerprint density at radius 3 is 2.70 bits per heavy atom. The van der Waals surface area contributed by atoms with Crippen LogP contribution >= 0.6 is 0 Å². The van der Waals surface area contributed by atoms with Gasteiger partial charge in [-0.1, -0.05) is 0 Å². The van der Waals surface area contributed by atoms with Crippen molar-refractivity contribution in [2.75, 3.05) is 0 Å². The van der Waals surface area contributed by atoms with Crippen molar-refractivity contribution in [1.29, 1.82) is 5.41 Å². The van der Waals surface area contributed by atoms with Gasteiger partial charge in [-0.15, -0.1) is 0 Å². The number of aliphatic imine (C=N–C) groups is 1. The number of amidine groups is 1. The summed E-state index contributed by atoms with van der Waals surface area (Å²) in [7, 11) is 0. The van der Waals surface area contributed by atoms with Crippen molar-refractivity contribution in [3.05, 3.63) is 0 Å². The zero-order valence-corrected chi connectivity index (χ0v) is 5.53. The lowest BCUT2D eigenvalue weighted by molar-refractivity contribution is -0.129. The summed E-state index contributed by atoms with van der Waals surface area (Å²) < 4.78 is 0. The number of carbonyl (C=O) groups is 1. The van der Waals surface area contributed by atoms with Gasteiger partial charge in [-0.25, -0.2) is 9.79 Å². The molecule has 0 aromatic rings. The van der Waals surface area contributed by atoms with E-state index in [4.69, 9.17) is 16.2 Å². The molecule has 5 heteroatoms. The highest BCUT2D eigenvalue weighted by Gasteiger charge is 2.01. The number of aliphatic carboxylic acids is 1. The summed E-state index contributed by atoms with van der Waals surface area (Å²) in [6, 6.07) is -0.320. The number of nitrogens with two attached hydrogens (primary N) is 1. The number of carboxylic acids is 1. The molecule has 1 atom stereocenters. The molecule has 5 nitrogen and oxygen atoms in total. The van der Waals surface area contributed by atoms with Crippen LogP contribution in [0.5, 0.6) is 0 Å². The van der Waals surface area contributed by atoms with Crippen LogP contribution < -0.4 is 5.73 Å². The average Bonchev–Trinajstić information content (AvgIpc) is 1.82. The lowest BCUT2D eigenvalue weighted by Gasteiger charge is -1.91. The van der Waals surface area contributed by atoms with Gasteiger partial charge in [-0.2, -0.15) is 0 Å². The number of nitrogens with zero attached hydrogens (tertiary/aromatic N) is 1. The van der Waals surface area contributed by atoms with E-state index in [0.29, 0.717) is 0 Å². The largest absolute Gasteiger partial charge is 0.475 e. The van der Waals surface area contributed by atoms with Crippen molar-refractivity contribution < 1.29 is 9.90 Å². The Morgan fingerprint density at radius 1 is 1.90 bits per heavy atom. The minimum atomic E-state index is -1.35. The summed E-state index contributed by atoms with van der Waals surface area (Å²) in [4.78, 5) is 13.2. The van der Waals surface area contributed by atoms with Crippen LogP contribution in [-0.4, -0.2) is 29.2 Å². The van der Waals surface area contributed by atoms with Crippen LogP contribution in [0.3, 0.4) is 0 Å². The Bertz CT molecular complexity index is 174. The molecule has 0 aromatic heterocycles. The van der Waals surface area contributed by atoms with Gasteiger partial charge in [0.1, 0.15) is 0 Å². The molecule has 1 unspecified atom stereocenters. The predicted octanol–water partition coefficient (Wildman–Crippen LogP) is -0.534. The molecule has 0 saturated heterocycles. The standard InChI is InChI=1S/C5H9N3O2/c1-3(6)2-8-4(7)5(9)10/h2-3,7H,6H2,1H3,(H,9,10)/b7-4?,8-2-. The van der Waals surface area contributed by atoms with Gasteiger partial charge in [0, 0.05) is 12.3 Å². The van der Waals surface area contributed by atoms with E-state index >= 15 is 0 Å². The van der Waals surface area contributed by atoms with Gasteiger partial charge in [0.2, 0.25) is 5.84 Å². The maximum atomic E-state index is 9.93. The van der Waals surface area contributed by atoms with E-state index in [1.54, 1.807) is 6.92 Å². The van der Waals surface area contributed by atoms with E-state index in [9.17, 15) is 4.79 Å². The highest BCUT2D eigenvalue weighted by molar-refractivity contribution is 6.34. The van der Waals surface area contributed by atoms with Gasteiger partial charge in [0.15, 0.2) is 0 Å². The van der Waals surface area contributed by atoms with E-state index in [1.165, 1.54) is 6.21 Å². The maximum Gasteiger partial charge on any atom is 0.373 e. The lowest BCUT2D eigenvalue weighted by Crippen LogP contribution is -2.18. The molecule has 0 heterocycles. The number of carboxylic acid groups (broad SMARTS) is 1. The molecule has 0 aliphatic rings. The van der Waals surface area contributed by atoms with E-state index in [0.717, 1.165) is 0 Å². The Kier molecular flexibility index (Phi) is 3.27. The van der Waals surface area contributed by atoms with Crippen molar-refractivity contribution in [2.45, 2.75) is 13.0 Å². The van der Waals surface area contributed by atoms with Gasteiger partial charge >= 0.3 is 5.97 Å². The first-order valence-electron chi connectivity index (χ1n) is 2.65. The monoisotopic (exact) mass is 143 g/mol. The minimum absolute atomic E-state index is 0.320. The molecule has 0 rings (SSSR count). The first kappa shape index (κ1) is 8.77. The molecule has 0 aromatic carbocycles. The van der Waals surface area contributed by atoms with Gasteiger partial charge in [0.25, 0.3) is 0 Å². The molecular formula is C5H9N3O2. The summed E-state index contributed by atoms with van der Waals surface area (Å²) in [5.74, 6) is -2.05. The fourth-order valence-corrected chi connectivity index (χ4v) is 0.247.